The van der Waals surface area contributed by atoms with Crippen LogP contribution in [-0.2, 0) is 17.6 Å². The Hall–Kier alpha value is -3.58. The van der Waals surface area contributed by atoms with Crippen LogP contribution >= 0.6 is 0 Å². The highest BCUT2D eigenvalue weighted by Gasteiger charge is 2.23. The van der Waals surface area contributed by atoms with Gasteiger partial charge < -0.3 is 5.32 Å². The van der Waals surface area contributed by atoms with E-state index in [1.807, 2.05) is 24.3 Å². The molecule has 0 fully saturated rings. The Morgan fingerprint density at radius 2 is 1.66 bits per heavy atom. The molecule has 1 aliphatic rings. The van der Waals surface area contributed by atoms with Crippen molar-refractivity contribution in [3.8, 4) is 0 Å². The molecule has 146 valence electrons. The van der Waals surface area contributed by atoms with Crippen LogP contribution in [0.2, 0.25) is 0 Å². The number of aromatic nitrogens is 1. The van der Waals surface area contributed by atoms with E-state index in [4.69, 9.17) is 0 Å². The summed E-state index contributed by atoms with van der Waals surface area (Å²) in [6.07, 6.45) is 4.45. The van der Waals surface area contributed by atoms with Gasteiger partial charge in [-0.2, -0.15) is 0 Å². The number of hydrogen-bond acceptors (Lipinski definition) is 5. The zero-order valence-corrected chi connectivity index (χ0v) is 15.7. The number of nitrogens with zero attached hydrogens (tertiary/aromatic N) is 2. The van der Waals surface area contributed by atoms with Crippen LogP contribution < -0.4 is 10.6 Å². The van der Waals surface area contributed by atoms with E-state index in [-0.39, 0.29) is 24.2 Å². The highest BCUT2D eigenvalue weighted by molar-refractivity contribution is 5.92. The number of hydrogen-bond donors (Lipinski definition) is 2. The number of anilines is 1. The second-order valence-corrected chi connectivity index (χ2v) is 6.95. The van der Waals surface area contributed by atoms with Crippen molar-refractivity contribution in [3.05, 3.63) is 99.4 Å². The molecule has 0 aliphatic heterocycles. The molecule has 0 spiro atoms. The van der Waals surface area contributed by atoms with Gasteiger partial charge in [-0.1, -0.05) is 48.5 Å². The van der Waals surface area contributed by atoms with Gasteiger partial charge in [-0.3, -0.25) is 25.2 Å². The van der Waals surface area contributed by atoms with Gasteiger partial charge in [0.1, 0.15) is 6.20 Å². The van der Waals surface area contributed by atoms with E-state index in [9.17, 15) is 14.9 Å². The summed E-state index contributed by atoms with van der Waals surface area (Å²) in [4.78, 5) is 26.6. The van der Waals surface area contributed by atoms with Gasteiger partial charge in [0, 0.05) is 6.07 Å². The Bertz CT molecular complexity index is 1020. The van der Waals surface area contributed by atoms with E-state index in [1.54, 1.807) is 0 Å². The summed E-state index contributed by atoms with van der Waals surface area (Å²) in [6, 6.07) is 17.7. The molecular weight excluding hydrogens is 368 g/mol. The predicted octanol–water partition coefficient (Wildman–Crippen LogP) is 3.41. The Morgan fingerprint density at radius 3 is 2.28 bits per heavy atom. The molecular formula is C22H20N4O3. The first-order chi connectivity index (χ1) is 14.1. The third-order valence-corrected chi connectivity index (χ3v) is 5.08. The maximum Gasteiger partial charge on any atom is 0.289 e. The number of benzene rings is 2. The van der Waals surface area contributed by atoms with Crippen LogP contribution in [0.1, 0.15) is 28.3 Å². The molecule has 0 unspecified atom stereocenters. The van der Waals surface area contributed by atoms with Crippen LogP contribution in [0.25, 0.3) is 0 Å². The van der Waals surface area contributed by atoms with Crippen molar-refractivity contribution in [3.63, 3.8) is 0 Å². The molecule has 7 heteroatoms. The van der Waals surface area contributed by atoms with Gasteiger partial charge in [-0.25, -0.2) is 0 Å². The van der Waals surface area contributed by atoms with Crippen molar-refractivity contribution in [1.82, 2.24) is 10.3 Å². The van der Waals surface area contributed by atoms with E-state index in [0.717, 1.165) is 19.0 Å². The normalized spacial score (nSPS) is 13.1. The molecule has 0 saturated carbocycles. The van der Waals surface area contributed by atoms with Crippen molar-refractivity contribution in [2.24, 2.45) is 0 Å². The smallest absolute Gasteiger partial charge is 0.289 e. The Labute approximate surface area is 167 Å². The standard InChI is InChI=1S/C22H20N4O3/c27-21(25-17-11-18(26(28)29)13-23-12-17)14-24-22-19-7-3-1-5-15(19)9-10-16-6-2-4-8-20(16)22/h1-8,11-13,22,24H,9-10,14H2,(H,25,27). The van der Waals surface area contributed by atoms with Gasteiger partial charge in [0.05, 0.1) is 29.4 Å². The van der Waals surface area contributed by atoms with Crippen molar-refractivity contribution >= 4 is 17.3 Å². The van der Waals surface area contributed by atoms with Crippen LogP contribution in [-0.4, -0.2) is 22.4 Å². The molecule has 1 aliphatic carbocycles. The molecule has 1 aromatic heterocycles. The number of amides is 1. The SMILES string of the molecule is O=C(CNC1c2ccccc2CCc2ccccc21)Nc1cncc([N+](=O)[O-])c1. The number of rotatable bonds is 5. The molecule has 1 heterocycles. The zero-order valence-electron chi connectivity index (χ0n) is 15.7. The minimum atomic E-state index is -0.541. The van der Waals surface area contributed by atoms with Gasteiger partial charge >= 0.3 is 0 Å². The fourth-order valence-electron chi connectivity index (χ4n) is 3.74. The number of pyridine rings is 1. The average molecular weight is 388 g/mol. The van der Waals surface area contributed by atoms with Gasteiger partial charge in [-0.05, 0) is 35.1 Å². The first-order valence-corrected chi connectivity index (χ1v) is 9.40. The van der Waals surface area contributed by atoms with E-state index in [1.165, 1.54) is 34.5 Å². The van der Waals surface area contributed by atoms with Gasteiger partial charge in [0.15, 0.2) is 0 Å². The van der Waals surface area contributed by atoms with Gasteiger partial charge in [-0.15, -0.1) is 0 Å². The fourth-order valence-corrected chi connectivity index (χ4v) is 3.74. The lowest BCUT2D eigenvalue weighted by molar-refractivity contribution is -0.385. The maximum absolute atomic E-state index is 12.5. The summed E-state index contributed by atoms with van der Waals surface area (Å²) in [7, 11) is 0. The lowest BCUT2D eigenvalue weighted by Gasteiger charge is -2.21. The molecule has 0 saturated heterocycles. The molecule has 2 N–H and O–H groups in total. The summed E-state index contributed by atoms with van der Waals surface area (Å²) >= 11 is 0. The van der Waals surface area contributed by atoms with Gasteiger partial charge in [0.2, 0.25) is 5.91 Å². The highest BCUT2D eigenvalue weighted by atomic mass is 16.6. The molecule has 0 atom stereocenters. The number of carbonyl (C=O) groups excluding carboxylic acids is 1. The topological polar surface area (TPSA) is 97.2 Å². The Balaban J connectivity index is 1.53. The maximum atomic E-state index is 12.5. The van der Waals surface area contributed by atoms with E-state index >= 15 is 0 Å². The Morgan fingerprint density at radius 1 is 1.03 bits per heavy atom. The molecule has 7 nitrogen and oxygen atoms in total. The predicted molar refractivity (Wildman–Crippen MR) is 110 cm³/mol. The van der Waals surface area contributed by atoms with Crippen molar-refractivity contribution in [2.45, 2.75) is 18.9 Å². The zero-order chi connectivity index (χ0) is 20.2. The largest absolute Gasteiger partial charge is 0.323 e. The van der Waals surface area contributed by atoms with E-state index in [0.29, 0.717) is 5.69 Å². The highest BCUT2D eigenvalue weighted by Crippen LogP contribution is 2.32. The Kier molecular flexibility index (Phi) is 5.31. The minimum absolute atomic E-state index is 0.0655. The number of aryl methyl sites for hydroxylation is 2. The minimum Gasteiger partial charge on any atom is -0.323 e. The lowest BCUT2D eigenvalue weighted by atomic mass is 9.94. The number of nitro groups is 1. The van der Waals surface area contributed by atoms with Crippen molar-refractivity contribution in [1.29, 1.82) is 0 Å². The second kappa shape index (κ2) is 8.20. The third-order valence-electron chi connectivity index (χ3n) is 5.08. The lowest BCUT2D eigenvalue weighted by Crippen LogP contribution is -2.32. The number of carbonyl (C=O) groups is 1. The summed E-state index contributed by atoms with van der Waals surface area (Å²) in [5.74, 6) is -0.286. The number of nitrogens with one attached hydrogen (secondary N) is 2. The molecule has 29 heavy (non-hydrogen) atoms. The van der Waals surface area contributed by atoms with Gasteiger partial charge in [0.25, 0.3) is 5.69 Å². The summed E-state index contributed by atoms with van der Waals surface area (Å²) in [6.45, 7) is 0.0655. The summed E-state index contributed by atoms with van der Waals surface area (Å²) in [5, 5.41) is 16.9. The second-order valence-electron chi connectivity index (χ2n) is 6.95. The summed E-state index contributed by atoms with van der Waals surface area (Å²) < 4.78 is 0. The van der Waals surface area contributed by atoms with Crippen LogP contribution in [0.4, 0.5) is 11.4 Å². The molecule has 1 amide bonds. The van der Waals surface area contributed by atoms with Crippen LogP contribution in [0, 0.1) is 10.1 Å². The molecule has 0 bridgehead atoms. The molecule has 4 rings (SSSR count). The van der Waals surface area contributed by atoms with E-state index in [2.05, 4.69) is 39.9 Å². The summed E-state index contributed by atoms with van der Waals surface area (Å²) in [5.41, 5.74) is 5.01. The molecule has 2 aromatic carbocycles. The molecule has 3 aromatic rings. The van der Waals surface area contributed by atoms with Crippen LogP contribution in [0.3, 0.4) is 0 Å². The van der Waals surface area contributed by atoms with Crippen molar-refractivity contribution < 1.29 is 9.72 Å². The first-order valence-electron chi connectivity index (χ1n) is 9.40. The fraction of sp³-hybridized carbons (Fsp3) is 0.182. The van der Waals surface area contributed by atoms with E-state index < -0.39 is 4.92 Å². The first kappa shape index (κ1) is 18.8. The molecule has 0 radical (unpaired) electrons. The van der Waals surface area contributed by atoms with Crippen LogP contribution in [0.5, 0.6) is 0 Å². The quantitative estimate of drug-likeness (QED) is 0.516. The van der Waals surface area contributed by atoms with Crippen LogP contribution in [0.15, 0.2) is 67.0 Å². The number of fused-ring (bicyclic) bond motifs is 2. The monoisotopic (exact) mass is 388 g/mol. The van der Waals surface area contributed by atoms with Crippen molar-refractivity contribution in [2.75, 3.05) is 11.9 Å². The average Bonchev–Trinajstić information content (AvgIpc) is 2.89. The third kappa shape index (κ3) is 4.14.